The number of guanidine groups is 1. The first kappa shape index (κ1) is 23.3. The van der Waals surface area contributed by atoms with E-state index in [4.69, 9.17) is 9.73 Å². The highest BCUT2D eigenvalue weighted by Crippen LogP contribution is 2.27. The minimum Gasteiger partial charge on any atom is -0.497 e. The van der Waals surface area contributed by atoms with E-state index in [0.29, 0.717) is 32.0 Å². The highest BCUT2D eigenvalue weighted by Gasteiger charge is 2.26. The number of unbranched alkanes of at least 4 members (excludes halogenated alkanes) is 1. The Labute approximate surface area is 171 Å². The van der Waals surface area contributed by atoms with Crippen molar-refractivity contribution in [3.63, 3.8) is 0 Å². The molecule has 164 valence electrons. The Kier molecular flexibility index (Phi) is 9.57. The van der Waals surface area contributed by atoms with Crippen molar-refractivity contribution in [2.75, 3.05) is 39.8 Å². The quantitative estimate of drug-likeness (QED) is 0.344. The molecule has 1 aromatic carbocycles. The molecule has 29 heavy (non-hydrogen) atoms. The van der Waals surface area contributed by atoms with E-state index >= 15 is 0 Å². The molecule has 1 atom stereocenters. The van der Waals surface area contributed by atoms with Crippen LogP contribution in [0.3, 0.4) is 0 Å². The lowest BCUT2D eigenvalue weighted by atomic mass is 10.1. The fourth-order valence-electron chi connectivity index (χ4n) is 3.49. The van der Waals surface area contributed by atoms with E-state index in [9.17, 15) is 13.2 Å². The molecule has 1 aliphatic rings. The summed E-state index contributed by atoms with van der Waals surface area (Å²) in [6, 6.07) is 8.26. The Balaban J connectivity index is 1.97. The molecule has 1 aromatic rings. The molecule has 1 heterocycles. The number of methoxy groups -OCH3 is 1. The molecule has 0 aromatic heterocycles. The lowest BCUT2D eigenvalue weighted by molar-refractivity contribution is -0.135. The standard InChI is InChI=1S/C21H33F3N4O/c1-3-25-20(26-13-5-4-12-21(22,23)24)27-16-19(28-14-6-7-15-28)17-8-10-18(29-2)11-9-17/h8-11,19H,3-7,12-16H2,1-2H3,(H2,25,26,27). The van der Waals surface area contributed by atoms with Gasteiger partial charge in [0, 0.05) is 19.5 Å². The van der Waals surface area contributed by atoms with Gasteiger partial charge >= 0.3 is 6.18 Å². The van der Waals surface area contributed by atoms with Gasteiger partial charge in [0.15, 0.2) is 5.96 Å². The zero-order valence-electron chi connectivity index (χ0n) is 17.4. The minimum absolute atomic E-state index is 0.123. The minimum atomic E-state index is -4.08. The van der Waals surface area contributed by atoms with Crippen LogP contribution in [0.25, 0.3) is 0 Å². The number of halogens is 3. The van der Waals surface area contributed by atoms with E-state index in [1.54, 1.807) is 7.11 Å². The predicted octanol–water partition coefficient (Wildman–Crippen LogP) is 4.12. The van der Waals surface area contributed by atoms with Gasteiger partial charge in [-0.3, -0.25) is 9.89 Å². The summed E-state index contributed by atoms with van der Waals surface area (Å²) in [5, 5.41) is 6.34. The molecule has 0 aliphatic carbocycles. The van der Waals surface area contributed by atoms with Gasteiger partial charge in [-0.1, -0.05) is 12.1 Å². The number of alkyl halides is 3. The van der Waals surface area contributed by atoms with Crippen LogP contribution in [0.1, 0.15) is 50.6 Å². The second-order valence-electron chi connectivity index (χ2n) is 7.25. The van der Waals surface area contributed by atoms with E-state index in [2.05, 4.69) is 27.7 Å². The number of nitrogens with zero attached hydrogens (tertiary/aromatic N) is 2. The van der Waals surface area contributed by atoms with Gasteiger partial charge in [-0.15, -0.1) is 0 Å². The van der Waals surface area contributed by atoms with Crippen molar-refractivity contribution in [1.29, 1.82) is 0 Å². The Hall–Kier alpha value is -1.96. The third kappa shape index (κ3) is 8.51. The fraction of sp³-hybridized carbons (Fsp3) is 0.667. The number of aliphatic imine (C=N–C) groups is 1. The molecule has 1 unspecified atom stereocenters. The summed E-state index contributed by atoms with van der Waals surface area (Å²) in [5.41, 5.74) is 1.19. The van der Waals surface area contributed by atoms with E-state index in [-0.39, 0.29) is 12.5 Å². The van der Waals surface area contributed by atoms with Crippen LogP contribution in [-0.4, -0.2) is 56.9 Å². The normalized spacial score (nSPS) is 16.7. The Morgan fingerprint density at radius 1 is 1.14 bits per heavy atom. The smallest absolute Gasteiger partial charge is 0.389 e. The number of ether oxygens (including phenoxy) is 1. The number of nitrogens with one attached hydrogen (secondary N) is 2. The van der Waals surface area contributed by atoms with Crippen molar-refractivity contribution in [1.82, 2.24) is 15.5 Å². The number of likely N-dealkylation sites (tertiary alicyclic amines) is 1. The summed E-state index contributed by atoms with van der Waals surface area (Å²) < 4.78 is 42.0. The van der Waals surface area contributed by atoms with E-state index < -0.39 is 12.6 Å². The maximum Gasteiger partial charge on any atom is 0.389 e. The molecule has 0 radical (unpaired) electrons. The zero-order chi connectivity index (χ0) is 21.1. The molecular formula is C21H33F3N4O. The van der Waals surface area contributed by atoms with E-state index in [0.717, 1.165) is 18.8 Å². The molecule has 2 N–H and O–H groups in total. The van der Waals surface area contributed by atoms with Gasteiger partial charge in [0.25, 0.3) is 0 Å². The summed E-state index contributed by atoms with van der Waals surface area (Å²) in [4.78, 5) is 7.17. The Morgan fingerprint density at radius 2 is 1.83 bits per heavy atom. The van der Waals surface area contributed by atoms with Gasteiger partial charge in [-0.05, 0) is 63.4 Å². The third-order valence-corrected chi connectivity index (χ3v) is 5.03. The molecule has 2 rings (SSSR count). The van der Waals surface area contributed by atoms with Gasteiger partial charge in [0.1, 0.15) is 5.75 Å². The van der Waals surface area contributed by atoms with Crippen molar-refractivity contribution in [3.8, 4) is 5.75 Å². The molecule has 0 saturated carbocycles. The van der Waals surface area contributed by atoms with E-state index in [1.807, 2.05) is 19.1 Å². The average molecular weight is 415 g/mol. The highest BCUT2D eigenvalue weighted by molar-refractivity contribution is 5.79. The van der Waals surface area contributed by atoms with Crippen molar-refractivity contribution >= 4 is 5.96 Å². The molecule has 1 saturated heterocycles. The van der Waals surface area contributed by atoms with Crippen LogP contribution in [0.2, 0.25) is 0 Å². The van der Waals surface area contributed by atoms with Gasteiger partial charge in [0.05, 0.1) is 19.7 Å². The SMILES string of the molecule is CCNC(=NCC(c1ccc(OC)cc1)N1CCCC1)NCCCCC(F)(F)F. The number of hydrogen-bond donors (Lipinski definition) is 2. The maximum absolute atomic E-state index is 12.3. The van der Waals surface area contributed by atoms with E-state index in [1.165, 1.54) is 18.4 Å². The highest BCUT2D eigenvalue weighted by atomic mass is 19.4. The average Bonchev–Trinajstić information content (AvgIpc) is 3.22. The van der Waals surface area contributed by atoms with Gasteiger partial charge in [0.2, 0.25) is 0 Å². The molecule has 0 spiro atoms. The van der Waals surface area contributed by atoms with Gasteiger partial charge < -0.3 is 15.4 Å². The van der Waals surface area contributed by atoms with Gasteiger partial charge in [-0.25, -0.2) is 0 Å². The molecule has 8 heteroatoms. The molecule has 1 aliphatic heterocycles. The molecule has 0 bridgehead atoms. The molecule has 5 nitrogen and oxygen atoms in total. The summed E-state index contributed by atoms with van der Waals surface area (Å²) in [5.74, 6) is 1.48. The predicted molar refractivity (Wildman–Crippen MR) is 110 cm³/mol. The molecule has 1 fully saturated rings. The molecule has 0 amide bonds. The van der Waals surface area contributed by atoms with Crippen LogP contribution in [0.15, 0.2) is 29.3 Å². The lowest BCUT2D eigenvalue weighted by Gasteiger charge is -2.27. The molecular weight excluding hydrogens is 381 g/mol. The summed E-state index contributed by atoms with van der Waals surface area (Å²) in [6.45, 7) is 5.83. The first-order valence-electron chi connectivity index (χ1n) is 10.4. The zero-order valence-corrected chi connectivity index (χ0v) is 17.4. The summed E-state index contributed by atoms with van der Waals surface area (Å²) >= 11 is 0. The first-order valence-corrected chi connectivity index (χ1v) is 10.4. The van der Waals surface area contributed by atoms with Crippen molar-refractivity contribution < 1.29 is 17.9 Å². The number of hydrogen-bond acceptors (Lipinski definition) is 3. The summed E-state index contributed by atoms with van der Waals surface area (Å²) in [6.07, 6.45) is -1.87. The lowest BCUT2D eigenvalue weighted by Crippen LogP contribution is -2.39. The van der Waals surface area contributed by atoms with Crippen LogP contribution in [0, 0.1) is 0 Å². The van der Waals surface area contributed by atoms with Crippen molar-refractivity contribution in [2.45, 2.75) is 51.2 Å². The van der Waals surface area contributed by atoms with Gasteiger partial charge in [-0.2, -0.15) is 13.2 Å². The van der Waals surface area contributed by atoms with Crippen LogP contribution < -0.4 is 15.4 Å². The monoisotopic (exact) mass is 414 g/mol. The maximum atomic E-state index is 12.3. The Morgan fingerprint density at radius 3 is 2.41 bits per heavy atom. The fourth-order valence-corrected chi connectivity index (χ4v) is 3.49. The summed E-state index contributed by atoms with van der Waals surface area (Å²) in [7, 11) is 1.65. The van der Waals surface area contributed by atoms with Crippen LogP contribution >= 0.6 is 0 Å². The van der Waals surface area contributed by atoms with Crippen LogP contribution in [0.5, 0.6) is 5.75 Å². The third-order valence-electron chi connectivity index (χ3n) is 5.03. The topological polar surface area (TPSA) is 48.9 Å². The second-order valence-corrected chi connectivity index (χ2v) is 7.25. The largest absolute Gasteiger partial charge is 0.497 e. The van der Waals surface area contributed by atoms with Crippen molar-refractivity contribution in [3.05, 3.63) is 29.8 Å². The first-order chi connectivity index (χ1) is 13.9. The number of benzene rings is 1. The van der Waals surface area contributed by atoms with Crippen LogP contribution in [0.4, 0.5) is 13.2 Å². The Bertz CT molecular complexity index is 613. The number of rotatable bonds is 10. The van der Waals surface area contributed by atoms with Crippen molar-refractivity contribution in [2.24, 2.45) is 4.99 Å². The van der Waals surface area contributed by atoms with Crippen LogP contribution in [-0.2, 0) is 0 Å². The second kappa shape index (κ2) is 11.9.